The third kappa shape index (κ3) is 2.24. The molecular formula is C15H11NO7S. The zero-order valence-electron chi connectivity index (χ0n) is 12.7. The fourth-order valence-corrected chi connectivity index (χ4v) is 3.66. The molecular weight excluding hydrogens is 338 g/mol. The molecule has 1 aliphatic heterocycles. The Morgan fingerprint density at radius 1 is 1.42 bits per heavy atom. The summed E-state index contributed by atoms with van der Waals surface area (Å²) in [5.74, 6) is -1.24. The molecule has 2 aromatic rings. The predicted octanol–water partition coefficient (Wildman–Crippen LogP) is 1.73. The van der Waals surface area contributed by atoms with Crippen LogP contribution in [0.4, 0.5) is 5.69 Å². The molecule has 3 rings (SSSR count). The average Bonchev–Trinajstić information content (AvgIpc) is 2.58. The number of benzene rings is 1. The molecule has 9 heteroatoms. The second-order valence-corrected chi connectivity index (χ2v) is 6.09. The molecule has 1 aliphatic rings. The van der Waals surface area contributed by atoms with Crippen molar-refractivity contribution in [3.63, 3.8) is 0 Å². The number of methoxy groups -OCH3 is 1. The Hall–Kier alpha value is -2.81. The first-order valence-electron chi connectivity index (χ1n) is 6.77. The first-order chi connectivity index (χ1) is 11.4. The van der Waals surface area contributed by atoms with Crippen molar-refractivity contribution >= 4 is 23.4 Å². The van der Waals surface area contributed by atoms with Gasteiger partial charge in [0.1, 0.15) is 11.1 Å². The van der Waals surface area contributed by atoms with Crippen LogP contribution in [-0.4, -0.2) is 18.0 Å². The quantitative estimate of drug-likeness (QED) is 0.267. The molecule has 0 radical (unpaired) electrons. The van der Waals surface area contributed by atoms with Crippen LogP contribution in [0.1, 0.15) is 21.7 Å². The van der Waals surface area contributed by atoms with Gasteiger partial charge in [-0.05, 0) is 13.0 Å². The third-order valence-electron chi connectivity index (χ3n) is 3.76. The summed E-state index contributed by atoms with van der Waals surface area (Å²) in [6.45, 7) is 1.38. The molecule has 8 nitrogen and oxygen atoms in total. The molecule has 124 valence electrons. The second-order valence-electron chi connectivity index (χ2n) is 5.08. The molecule has 24 heavy (non-hydrogen) atoms. The van der Waals surface area contributed by atoms with Crippen LogP contribution in [0.25, 0.3) is 11.3 Å². The summed E-state index contributed by atoms with van der Waals surface area (Å²) >= 11 is 1.23. The first-order valence-corrected chi connectivity index (χ1v) is 7.75. The lowest BCUT2D eigenvalue weighted by molar-refractivity contribution is -0.694. The summed E-state index contributed by atoms with van der Waals surface area (Å²) < 4.78 is 5.93. The highest BCUT2D eigenvalue weighted by atomic mass is 32.2. The van der Waals surface area contributed by atoms with Gasteiger partial charge in [-0.25, -0.2) is 4.79 Å². The summed E-state index contributed by atoms with van der Waals surface area (Å²) in [7, 11) is 1.11. The summed E-state index contributed by atoms with van der Waals surface area (Å²) in [5, 5.41) is 23.5. The van der Waals surface area contributed by atoms with E-state index in [-0.39, 0.29) is 28.3 Å². The number of esters is 1. The number of hydrogen-bond acceptors (Lipinski definition) is 7. The van der Waals surface area contributed by atoms with Gasteiger partial charge >= 0.3 is 11.7 Å². The largest absolute Gasteiger partial charge is 0.555 e. The number of nitrogens with zero attached hydrogens (tertiary/aromatic N) is 1. The van der Waals surface area contributed by atoms with E-state index in [1.807, 2.05) is 0 Å². The van der Waals surface area contributed by atoms with Crippen LogP contribution in [0.5, 0.6) is 0 Å². The molecule has 1 aromatic heterocycles. The van der Waals surface area contributed by atoms with Crippen LogP contribution in [0.2, 0.25) is 0 Å². The van der Waals surface area contributed by atoms with Crippen LogP contribution >= 0.6 is 11.8 Å². The maximum absolute atomic E-state index is 12.6. The number of carbonyl (C=O) groups is 1. The molecule has 0 aliphatic carbocycles. The van der Waals surface area contributed by atoms with E-state index in [2.05, 4.69) is 4.74 Å². The first kappa shape index (κ1) is 16.1. The number of thioether (sulfide) groups is 1. The molecule has 0 unspecified atom stereocenters. The van der Waals surface area contributed by atoms with E-state index in [1.54, 1.807) is 0 Å². The lowest BCUT2D eigenvalue weighted by Gasteiger charge is -2.22. The highest BCUT2D eigenvalue weighted by molar-refractivity contribution is 7.98. The minimum Gasteiger partial charge on any atom is -0.555 e. The number of non-ortho nitro benzene ring substituents is 1. The lowest BCUT2D eigenvalue weighted by Crippen LogP contribution is -2.26. The van der Waals surface area contributed by atoms with Gasteiger partial charge in [-0.3, -0.25) is 14.9 Å². The van der Waals surface area contributed by atoms with Gasteiger partial charge in [0.25, 0.3) is 11.4 Å². The van der Waals surface area contributed by atoms with Gasteiger partial charge in [-0.15, -0.1) is 11.8 Å². The van der Waals surface area contributed by atoms with Crippen molar-refractivity contribution < 1.29 is 23.9 Å². The molecule has 0 saturated carbocycles. The van der Waals surface area contributed by atoms with Crippen LogP contribution in [0.15, 0.2) is 32.1 Å². The van der Waals surface area contributed by atoms with Crippen molar-refractivity contribution in [1.29, 1.82) is 0 Å². The van der Waals surface area contributed by atoms with E-state index in [0.29, 0.717) is 10.5 Å². The van der Waals surface area contributed by atoms with Gasteiger partial charge in [-0.2, -0.15) is 0 Å². The van der Waals surface area contributed by atoms with Gasteiger partial charge < -0.3 is 14.2 Å². The Morgan fingerprint density at radius 3 is 2.75 bits per heavy atom. The van der Waals surface area contributed by atoms with Crippen molar-refractivity contribution in [2.24, 2.45) is 0 Å². The maximum atomic E-state index is 12.6. The Bertz CT molecular complexity index is 948. The van der Waals surface area contributed by atoms with Gasteiger partial charge in [0.15, 0.2) is 0 Å². The van der Waals surface area contributed by atoms with E-state index in [1.165, 1.54) is 41.1 Å². The monoisotopic (exact) mass is 349 g/mol. The predicted molar refractivity (Wildman–Crippen MR) is 82.7 cm³/mol. The smallest absolute Gasteiger partial charge is 0.430 e. The molecule has 0 N–H and O–H groups in total. The normalized spacial score (nSPS) is 12.2. The van der Waals surface area contributed by atoms with Crippen LogP contribution in [0, 0.1) is 17.0 Å². The Labute approximate surface area is 139 Å². The average molecular weight is 349 g/mol. The number of hydrogen-bond donors (Lipinski definition) is 0. The number of nitro groups is 1. The van der Waals surface area contributed by atoms with Crippen molar-refractivity contribution in [2.75, 3.05) is 7.11 Å². The molecule has 0 saturated heterocycles. The van der Waals surface area contributed by atoms with E-state index in [0.717, 1.165) is 7.11 Å². The molecule has 2 heterocycles. The molecule has 0 bridgehead atoms. The van der Waals surface area contributed by atoms with Crippen molar-refractivity contribution in [3.05, 3.63) is 55.4 Å². The van der Waals surface area contributed by atoms with Gasteiger partial charge in [-0.1, -0.05) is 0 Å². The zero-order valence-corrected chi connectivity index (χ0v) is 13.5. The second kappa shape index (κ2) is 5.68. The highest BCUT2D eigenvalue weighted by Crippen LogP contribution is 2.43. The third-order valence-corrected chi connectivity index (χ3v) is 4.85. The summed E-state index contributed by atoms with van der Waals surface area (Å²) in [4.78, 5) is 35.2. The number of carbonyl (C=O) groups excluding carboxylic acids is 1. The van der Waals surface area contributed by atoms with Crippen LogP contribution in [0.3, 0.4) is 0 Å². The van der Waals surface area contributed by atoms with Crippen molar-refractivity contribution in [2.45, 2.75) is 17.6 Å². The molecule has 1 aromatic carbocycles. The number of nitro benzene ring substituents is 1. The Balaban J connectivity index is 2.34. The minimum atomic E-state index is -0.936. The van der Waals surface area contributed by atoms with Crippen molar-refractivity contribution in [1.82, 2.24) is 0 Å². The fraction of sp³-hybridized carbons (Fsp3) is 0.200. The Kier molecular flexibility index (Phi) is 3.80. The Morgan fingerprint density at radius 2 is 2.12 bits per heavy atom. The zero-order chi connectivity index (χ0) is 17.6. The van der Waals surface area contributed by atoms with Crippen LogP contribution < -0.4 is 10.7 Å². The van der Waals surface area contributed by atoms with E-state index >= 15 is 0 Å². The van der Waals surface area contributed by atoms with Crippen LogP contribution in [-0.2, 0) is 10.5 Å². The summed E-state index contributed by atoms with van der Waals surface area (Å²) in [6, 6.07) is 3.98. The minimum absolute atomic E-state index is 0.00781. The number of fused-ring (bicyclic) bond motifs is 3. The number of rotatable bonds is 2. The standard InChI is InChI=1S/C15H11NO7S/c1-7-12(17)10-6-24-11-5-8(16(19)20)3-4-9(11)14(10)23(21)13(7)15(18)22-2/h3-5H,6H2,1-2H3. The summed E-state index contributed by atoms with van der Waals surface area (Å²) in [6.07, 6.45) is 0. The van der Waals surface area contributed by atoms with Gasteiger partial charge in [0.05, 0.1) is 17.6 Å². The number of ether oxygens (including phenoxy) is 1. The maximum Gasteiger partial charge on any atom is 0.430 e. The lowest BCUT2D eigenvalue weighted by atomic mass is 10.0. The molecule has 0 fully saturated rings. The molecule has 0 spiro atoms. The van der Waals surface area contributed by atoms with E-state index in [4.69, 9.17) is 0 Å². The van der Waals surface area contributed by atoms with E-state index in [9.17, 15) is 25.0 Å². The van der Waals surface area contributed by atoms with Gasteiger partial charge in [0, 0.05) is 22.8 Å². The van der Waals surface area contributed by atoms with Crippen molar-refractivity contribution in [3.8, 4) is 11.3 Å². The fourth-order valence-electron chi connectivity index (χ4n) is 2.58. The van der Waals surface area contributed by atoms with Gasteiger partial charge in [0.2, 0.25) is 5.43 Å². The highest BCUT2D eigenvalue weighted by Gasteiger charge is 2.35. The SMILES string of the molecule is COC(=O)c1c(C)c(=O)c2c([o+]1[O-])-c1ccc([N+](=O)[O-])cc1SC2. The molecule has 0 amide bonds. The molecule has 0 atom stereocenters. The van der Waals surface area contributed by atoms with E-state index < -0.39 is 22.1 Å². The topological polar surface area (TPSA) is 112 Å². The summed E-state index contributed by atoms with van der Waals surface area (Å²) in [5.41, 5.74) is 0.0588.